The summed E-state index contributed by atoms with van der Waals surface area (Å²) in [5, 5.41) is 2.18. The highest BCUT2D eigenvalue weighted by Crippen LogP contribution is 2.34. The van der Waals surface area contributed by atoms with Crippen LogP contribution in [0.4, 0.5) is 18.9 Å². The van der Waals surface area contributed by atoms with Crippen LogP contribution in [0.2, 0.25) is 0 Å². The van der Waals surface area contributed by atoms with Crippen LogP contribution in [-0.4, -0.2) is 27.0 Å². The van der Waals surface area contributed by atoms with Crippen LogP contribution in [0.5, 0.6) is 5.75 Å². The Hall–Kier alpha value is -2.59. The van der Waals surface area contributed by atoms with Crippen molar-refractivity contribution in [3.8, 4) is 5.75 Å². The highest BCUT2D eigenvalue weighted by Gasteiger charge is 2.33. The molecule has 0 spiro atoms. The first kappa shape index (κ1) is 23.1. The van der Waals surface area contributed by atoms with Crippen molar-refractivity contribution in [1.82, 2.24) is 4.72 Å². The summed E-state index contributed by atoms with van der Waals surface area (Å²) in [6, 6.07) is 10.1. The van der Waals surface area contributed by atoms with Gasteiger partial charge in [-0.2, -0.15) is 13.2 Å². The van der Waals surface area contributed by atoms with Crippen LogP contribution >= 0.6 is 0 Å². The van der Waals surface area contributed by atoms with Crippen LogP contribution in [-0.2, 0) is 21.0 Å². The molecule has 1 fully saturated rings. The number of benzene rings is 2. The molecule has 0 heterocycles. The van der Waals surface area contributed by atoms with Crippen LogP contribution in [0, 0.1) is 0 Å². The van der Waals surface area contributed by atoms with Crippen LogP contribution in [0.15, 0.2) is 53.4 Å². The minimum Gasteiger partial charge on any atom is -0.484 e. The van der Waals surface area contributed by atoms with Crippen molar-refractivity contribution in [2.24, 2.45) is 0 Å². The van der Waals surface area contributed by atoms with Gasteiger partial charge in [-0.1, -0.05) is 31.4 Å². The Kier molecular flexibility index (Phi) is 7.22. The molecule has 31 heavy (non-hydrogen) atoms. The Morgan fingerprint density at radius 3 is 2.29 bits per heavy atom. The predicted octanol–water partition coefficient (Wildman–Crippen LogP) is 4.33. The number of ether oxygens (including phenoxy) is 1. The van der Waals surface area contributed by atoms with E-state index in [9.17, 15) is 26.4 Å². The van der Waals surface area contributed by atoms with Gasteiger partial charge < -0.3 is 10.1 Å². The number of rotatable bonds is 7. The van der Waals surface area contributed by atoms with Crippen LogP contribution in [0.25, 0.3) is 0 Å². The fourth-order valence-corrected chi connectivity index (χ4v) is 4.70. The molecule has 2 aromatic rings. The Morgan fingerprint density at radius 1 is 1.00 bits per heavy atom. The molecule has 0 aliphatic heterocycles. The van der Waals surface area contributed by atoms with Gasteiger partial charge in [0, 0.05) is 6.04 Å². The molecule has 10 heteroatoms. The zero-order valence-electron chi connectivity index (χ0n) is 16.6. The van der Waals surface area contributed by atoms with Gasteiger partial charge in [0.1, 0.15) is 5.75 Å². The lowest BCUT2D eigenvalue weighted by atomic mass is 9.96. The molecule has 6 nitrogen and oxygen atoms in total. The minimum atomic E-state index is -4.60. The number of alkyl halides is 3. The Morgan fingerprint density at radius 2 is 1.65 bits per heavy atom. The molecule has 0 unspecified atom stereocenters. The van der Waals surface area contributed by atoms with Crippen molar-refractivity contribution in [2.45, 2.75) is 49.2 Å². The molecule has 2 aromatic carbocycles. The number of carbonyl (C=O) groups is 1. The fourth-order valence-electron chi connectivity index (χ4n) is 3.40. The van der Waals surface area contributed by atoms with E-state index < -0.39 is 34.3 Å². The number of nitrogens with one attached hydrogen (secondary N) is 2. The van der Waals surface area contributed by atoms with Gasteiger partial charge in [0.25, 0.3) is 5.91 Å². The maximum Gasteiger partial charge on any atom is 0.418 e. The second-order valence-electron chi connectivity index (χ2n) is 7.31. The number of sulfonamides is 1. The van der Waals surface area contributed by atoms with E-state index >= 15 is 0 Å². The lowest BCUT2D eigenvalue weighted by molar-refractivity contribution is -0.137. The maximum atomic E-state index is 13.0. The molecule has 2 N–H and O–H groups in total. The average molecular weight is 456 g/mol. The molecule has 0 radical (unpaired) electrons. The third kappa shape index (κ3) is 6.44. The first-order valence-electron chi connectivity index (χ1n) is 9.86. The average Bonchev–Trinajstić information content (AvgIpc) is 2.73. The summed E-state index contributed by atoms with van der Waals surface area (Å²) in [6.45, 7) is -0.529. The lowest BCUT2D eigenvalue weighted by Gasteiger charge is -2.22. The standard InChI is InChI=1S/C21H23F3N2O4S/c22-21(23,24)18-8-4-5-9-19(18)25-20(27)14-30-16-10-12-17(13-11-16)31(28,29)26-15-6-2-1-3-7-15/h4-5,8-13,15,26H,1-3,6-7,14H2,(H,25,27). The van der Waals surface area contributed by atoms with Crippen molar-refractivity contribution in [1.29, 1.82) is 0 Å². The number of halogens is 3. The largest absolute Gasteiger partial charge is 0.484 e. The van der Waals surface area contributed by atoms with E-state index in [0.29, 0.717) is 0 Å². The van der Waals surface area contributed by atoms with E-state index in [1.165, 1.54) is 36.4 Å². The van der Waals surface area contributed by atoms with Crippen LogP contribution < -0.4 is 14.8 Å². The van der Waals surface area contributed by atoms with Gasteiger partial charge in [-0.25, -0.2) is 13.1 Å². The molecule has 0 bridgehead atoms. The van der Waals surface area contributed by atoms with E-state index in [-0.39, 0.29) is 22.4 Å². The van der Waals surface area contributed by atoms with Gasteiger partial charge in [0.15, 0.2) is 6.61 Å². The van der Waals surface area contributed by atoms with Crippen molar-refractivity contribution < 1.29 is 31.1 Å². The number of para-hydroxylation sites is 1. The van der Waals surface area contributed by atoms with Crippen LogP contribution in [0.3, 0.4) is 0 Å². The second kappa shape index (κ2) is 9.69. The number of hydrogen-bond donors (Lipinski definition) is 2. The highest BCUT2D eigenvalue weighted by atomic mass is 32.2. The molecule has 0 saturated heterocycles. The molecular weight excluding hydrogens is 433 g/mol. The van der Waals surface area contributed by atoms with E-state index in [2.05, 4.69) is 10.0 Å². The highest BCUT2D eigenvalue weighted by molar-refractivity contribution is 7.89. The first-order chi connectivity index (χ1) is 14.6. The monoisotopic (exact) mass is 456 g/mol. The van der Waals surface area contributed by atoms with E-state index in [4.69, 9.17) is 4.74 Å². The molecular formula is C21H23F3N2O4S. The van der Waals surface area contributed by atoms with Gasteiger partial charge in [-0.05, 0) is 49.2 Å². The summed E-state index contributed by atoms with van der Waals surface area (Å²) >= 11 is 0. The summed E-state index contributed by atoms with van der Waals surface area (Å²) in [7, 11) is -3.66. The Balaban J connectivity index is 1.56. The first-order valence-corrected chi connectivity index (χ1v) is 11.3. The van der Waals surface area contributed by atoms with E-state index in [0.717, 1.165) is 44.2 Å². The topological polar surface area (TPSA) is 84.5 Å². The van der Waals surface area contributed by atoms with E-state index in [1.54, 1.807) is 0 Å². The second-order valence-corrected chi connectivity index (χ2v) is 9.02. The third-order valence-electron chi connectivity index (χ3n) is 4.94. The van der Waals surface area contributed by atoms with Gasteiger partial charge in [-0.3, -0.25) is 4.79 Å². The summed E-state index contributed by atoms with van der Waals surface area (Å²) in [4.78, 5) is 12.1. The SMILES string of the molecule is O=C(COc1ccc(S(=O)(=O)NC2CCCCC2)cc1)Nc1ccccc1C(F)(F)F. The summed E-state index contributed by atoms with van der Waals surface area (Å²) in [5.74, 6) is -0.553. The molecule has 3 rings (SSSR count). The van der Waals surface area contributed by atoms with Gasteiger partial charge in [0.2, 0.25) is 10.0 Å². The van der Waals surface area contributed by atoms with Gasteiger partial charge >= 0.3 is 6.18 Å². The fraction of sp³-hybridized carbons (Fsp3) is 0.381. The maximum absolute atomic E-state index is 13.0. The van der Waals surface area contributed by atoms with Crippen LogP contribution in [0.1, 0.15) is 37.7 Å². The molecule has 1 aliphatic carbocycles. The summed E-state index contributed by atoms with van der Waals surface area (Å²) in [5.41, 5.74) is -1.32. The number of hydrogen-bond acceptors (Lipinski definition) is 4. The van der Waals surface area contributed by atoms with Crippen molar-refractivity contribution in [2.75, 3.05) is 11.9 Å². The molecule has 1 amide bonds. The normalized spacial score (nSPS) is 15.5. The van der Waals surface area contributed by atoms with Gasteiger partial charge in [0.05, 0.1) is 16.1 Å². The van der Waals surface area contributed by atoms with Crippen molar-refractivity contribution in [3.63, 3.8) is 0 Å². The predicted molar refractivity (Wildman–Crippen MR) is 109 cm³/mol. The third-order valence-corrected chi connectivity index (χ3v) is 6.47. The molecule has 0 aromatic heterocycles. The lowest BCUT2D eigenvalue weighted by Crippen LogP contribution is -2.36. The molecule has 1 saturated carbocycles. The smallest absolute Gasteiger partial charge is 0.418 e. The minimum absolute atomic E-state index is 0.0713. The van der Waals surface area contributed by atoms with Crippen molar-refractivity contribution in [3.05, 3.63) is 54.1 Å². The summed E-state index contributed by atoms with van der Waals surface area (Å²) in [6.07, 6.45) is 0.127. The molecule has 0 atom stereocenters. The number of amides is 1. The Bertz CT molecular complexity index is 1000. The number of carbonyl (C=O) groups excluding carboxylic acids is 1. The summed E-state index contributed by atoms with van der Waals surface area (Å²) < 4.78 is 71.9. The quantitative estimate of drug-likeness (QED) is 0.650. The van der Waals surface area contributed by atoms with Crippen molar-refractivity contribution >= 4 is 21.6 Å². The Labute approximate surface area is 178 Å². The molecule has 168 valence electrons. The zero-order chi connectivity index (χ0) is 22.5. The molecule has 1 aliphatic rings. The van der Waals surface area contributed by atoms with Gasteiger partial charge in [-0.15, -0.1) is 0 Å². The number of anilines is 1. The van der Waals surface area contributed by atoms with E-state index in [1.807, 2.05) is 0 Å². The zero-order valence-corrected chi connectivity index (χ0v) is 17.4.